The van der Waals surface area contributed by atoms with E-state index in [-0.39, 0.29) is 12.3 Å². The molecule has 0 unspecified atom stereocenters. The van der Waals surface area contributed by atoms with Gasteiger partial charge in [-0.1, -0.05) is 42.5 Å². The molecule has 4 aromatic rings. The van der Waals surface area contributed by atoms with E-state index >= 15 is 0 Å². The Bertz CT molecular complexity index is 1200. The number of primary amides is 1. The van der Waals surface area contributed by atoms with E-state index in [1.165, 1.54) is 0 Å². The van der Waals surface area contributed by atoms with Gasteiger partial charge in [0.05, 0.1) is 13.5 Å². The fourth-order valence-electron chi connectivity index (χ4n) is 3.87. The molecule has 5 nitrogen and oxygen atoms in total. The SMILES string of the molecule is COc1ccc2c(c1)c(CC(N)=O)c(C)n2Cc1ccc(OCc2ccccc2)cc1. The van der Waals surface area contributed by atoms with Gasteiger partial charge in [-0.3, -0.25) is 4.79 Å². The van der Waals surface area contributed by atoms with Crippen molar-refractivity contribution in [3.05, 3.63) is 95.2 Å². The molecular formula is C26H26N2O3. The lowest BCUT2D eigenvalue weighted by atomic mass is 10.1. The standard InChI is InChI=1S/C26H26N2O3/c1-18-23(15-26(27)29)24-14-22(30-2)12-13-25(24)28(18)16-19-8-10-21(11-9-19)31-17-20-6-4-3-5-7-20/h3-14H,15-17H2,1-2H3,(H2,27,29). The number of benzene rings is 3. The molecule has 5 heteroatoms. The first-order valence-electron chi connectivity index (χ1n) is 10.2. The maximum Gasteiger partial charge on any atom is 0.221 e. The highest BCUT2D eigenvalue weighted by Gasteiger charge is 2.16. The smallest absolute Gasteiger partial charge is 0.221 e. The normalized spacial score (nSPS) is 10.9. The van der Waals surface area contributed by atoms with Gasteiger partial charge in [0.15, 0.2) is 0 Å². The molecule has 4 rings (SSSR count). The summed E-state index contributed by atoms with van der Waals surface area (Å²) in [5.74, 6) is 1.25. The summed E-state index contributed by atoms with van der Waals surface area (Å²) < 4.78 is 13.5. The Labute approximate surface area is 182 Å². The van der Waals surface area contributed by atoms with Crippen LogP contribution in [0.25, 0.3) is 10.9 Å². The molecule has 0 radical (unpaired) electrons. The van der Waals surface area contributed by atoms with Crippen molar-refractivity contribution >= 4 is 16.8 Å². The first kappa shape index (κ1) is 20.5. The highest BCUT2D eigenvalue weighted by Crippen LogP contribution is 2.30. The third kappa shape index (κ3) is 4.56. The van der Waals surface area contributed by atoms with Crippen LogP contribution in [0.4, 0.5) is 0 Å². The van der Waals surface area contributed by atoms with E-state index in [4.69, 9.17) is 15.2 Å². The predicted molar refractivity (Wildman–Crippen MR) is 122 cm³/mol. The maximum absolute atomic E-state index is 11.7. The highest BCUT2D eigenvalue weighted by atomic mass is 16.5. The Morgan fingerprint density at radius 1 is 0.935 bits per heavy atom. The van der Waals surface area contributed by atoms with Crippen LogP contribution in [0.3, 0.4) is 0 Å². The number of carbonyl (C=O) groups is 1. The Balaban J connectivity index is 1.58. The summed E-state index contributed by atoms with van der Waals surface area (Å²) in [5.41, 5.74) is 10.8. The van der Waals surface area contributed by atoms with Crippen molar-refractivity contribution in [1.82, 2.24) is 4.57 Å². The van der Waals surface area contributed by atoms with Crippen LogP contribution in [0.15, 0.2) is 72.8 Å². The van der Waals surface area contributed by atoms with Gasteiger partial charge in [-0.2, -0.15) is 0 Å². The van der Waals surface area contributed by atoms with Crippen LogP contribution in [0.2, 0.25) is 0 Å². The quantitative estimate of drug-likeness (QED) is 0.458. The van der Waals surface area contributed by atoms with Crippen molar-refractivity contribution in [2.75, 3.05) is 7.11 Å². The number of hydrogen-bond donors (Lipinski definition) is 1. The number of nitrogens with zero attached hydrogens (tertiary/aromatic N) is 1. The molecule has 1 aromatic heterocycles. The molecule has 0 bridgehead atoms. The van der Waals surface area contributed by atoms with Crippen molar-refractivity contribution in [2.45, 2.75) is 26.5 Å². The number of methoxy groups -OCH3 is 1. The van der Waals surface area contributed by atoms with E-state index in [0.29, 0.717) is 13.2 Å². The van der Waals surface area contributed by atoms with Crippen molar-refractivity contribution in [3.8, 4) is 11.5 Å². The summed E-state index contributed by atoms with van der Waals surface area (Å²) in [4.78, 5) is 11.7. The highest BCUT2D eigenvalue weighted by molar-refractivity contribution is 5.91. The summed E-state index contributed by atoms with van der Waals surface area (Å²) >= 11 is 0. The van der Waals surface area contributed by atoms with Crippen LogP contribution in [0.5, 0.6) is 11.5 Å². The molecule has 1 heterocycles. The zero-order valence-corrected chi connectivity index (χ0v) is 17.8. The zero-order valence-electron chi connectivity index (χ0n) is 17.8. The summed E-state index contributed by atoms with van der Waals surface area (Å²) in [6.45, 7) is 3.26. The van der Waals surface area contributed by atoms with Gasteiger partial charge >= 0.3 is 0 Å². The fraction of sp³-hybridized carbons (Fsp3) is 0.192. The number of aromatic nitrogens is 1. The van der Waals surface area contributed by atoms with E-state index in [2.05, 4.69) is 16.7 Å². The van der Waals surface area contributed by atoms with Gasteiger partial charge < -0.3 is 19.8 Å². The molecule has 1 amide bonds. The summed E-state index contributed by atoms with van der Waals surface area (Å²) in [6.07, 6.45) is 0.203. The third-order valence-corrected chi connectivity index (χ3v) is 5.52. The van der Waals surface area contributed by atoms with Crippen molar-refractivity contribution in [2.24, 2.45) is 5.73 Å². The van der Waals surface area contributed by atoms with Gasteiger partial charge in [0.25, 0.3) is 0 Å². The first-order chi connectivity index (χ1) is 15.0. The number of ether oxygens (including phenoxy) is 2. The van der Waals surface area contributed by atoms with E-state index in [1.807, 2.05) is 67.6 Å². The maximum atomic E-state index is 11.7. The summed E-state index contributed by atoms with van der Waals surface area (Å²) in [6, 6.07) is 24.2. The van der Waals surface area contributed by atoms with Crippen molar-refractivity contribution < 1.29 is 14.3 Å². The van der Waals surface area contributed by atoms with E-state index in [1.54, 1.807) is 7.11 Å². The molecule has 0 atom stereocenters. The van der Waals surface area contributed by atoms with Crippen LogP contribution >= 0.6 is 0 Å². The minimum Gasteiger partial charge on any atom is -0.497 e. The van der Waals surface area contributed by atoms with Gasteiger partial charge in [-0.15, -0.1) is 0 Å². The predicted octanol–water partition coefficient (Wildman–Crippen LogP) is 4.61. The van der Waals surface area contributed by atoms with Gasteiger partial charge in [0.2, 0.25) is 5.91 Å². The molecule has 158 valence electrons. The topological polar surface area (TPSA) is 66.5 Å². The zero-order chi connectivity index (χ0) is 21.8. The molecule has 0 fully saturated rings. The largest absolute Gasteiger partial charge is 0.497 e. The number of hydrogen-bond acceptors (Lipinski definition) is 3. The van der Waals surface area contributed by atoms with Crippen LogP contribution < -0.4 is 15.2 Å². The average molecular weight is 415 g/mol. The Kier molecular flexibility index (Phi) is 5.94. The van der Waals surface area contributed by atoms with E-state index in [9.17, 15) is 4.79 Å². The van der Waals surface area contributed by atoms with Crippen LogP contribution in [-0.2, 0) is 24.4 Å². The van der Waals surface area contributed by atoms with E-state index in [0.717, 1.165) is 44.8 Å². The lowest BCUT2D eigenvalue weighted by molar-refractivity contribution is -0.117. The fourth-order valence-corrected chi connectivity index (χ4v) is 3.87. The van der Waals surface area contributed by atoms with Gasteiger partial charge in [0, 0.05) is 23.1 Å². The molecule has 3 aromatic carbocycles. The van der Waals surface area contributed by atoms with Crippen LogP contribution in [0.1, 0.15) is 22.4 Å². The molecule has 31 heavy (non-hydrogen) atoms. The molecule has 0 spiro atoms. The molecule has 0 saturated heterocycles. The van der Waals surface area contributed by atoms with Gasteiger partial charge in [-0.25, -0.2) is 0 Å². The minimum atomic E-state index is -0.343. The number of fused-ring (bicyclic) bond motifs is 1. The van der Waals surface area contributed by atoms with Crippen molar-refractivity contribution in [1.29, 1.82) is 0 Å². The molecule has 0 aliphatic rings. The lowest BCUT2D eigenvalue weighted by Gasteiger charge is -2.11. The molecule has 0 aliphatic heterocycles. The molecule has 2 N–H and O–H groups in total. The van der Waals surface area contributed by atoms with Crippen molar-refractivity contribution in [3.63, 3.8) is 0 Å². The number of amides is 1. The summed E-state index contributed by atoms with van der Waals surface area (Å²) in [7, 11) is 1.64. The van der Waals surface area contributed by atoms with E-state index < -0.39 is 0 Å². The second-order valence-corrected chi connectivity index (χ2v) is 7.59. The Morgan fingerprint density at radius 3 is 2.32 bits per heavy atom. The molecule has 0 saturated carbocycles. The second-order valence-electron chi connectivity index (χ2n) is 7.59. The molecule has 0 aliphatic carbocycles. The average Bonchev–Trinajstić information content (AvgIpc) is 3.04. The van der Waals surface area contributed by atoms with Crippen LogP contribution in [-0.4, -0.2) is 17.6 Å². The number of rotatable bonds is 8. The van der Waals surface area contributed by atoms with Gasteiger partial charge in [-0.05, 0) is 53.9 Å². The number of nitrogens with two attached hydrogens (primary N) is 1. The second kappa shape index (κ2) is 8.96. The lowest BCUT2D eigenvalue weighted by Crippen LogP contribution is -2.14. The Hall–Kier alpha value is -3.73. The summed E-state index contributed by atoms with van der Waals surface area (Å²) in [5, 5.41) is 0.999. The Morgan fingerprint density at radius 2 is 1.65 bits per heavy atom. The number of carbonyl (C=O) groups excluding carboxylic acids is 1. The first-order valence-corrected chi connectivity index (χ1v) is 10.2. The third-order valence-electron chi connectivity index (χ3n) is 5.52. The van der Waals surface area contributed by atoms with Gasteiger partial charge in [0.1, 0.15) is 18.1 Å². The minimum absolute atomic E-state index is 0.203. The van der Waals surface area contributed by atoms with Crippen LogP contribution in [0, 0.1) is 6.92 Å². The monoisotopic (exact) mass is 414 g/mol. The molecular weight excluding hydrogens is 388 g/mol.